The van der Waals surface area contributed by atoms with Crippen molar-refractivity contribution in [1.29, 1.82) is 0 Å². The molecule has 0 radical (unpaired) electrons. The summed E-state index contributed by atoms with van der Waals surface area (Å²) in [7, 11) is 0. The maximum atomic E-state index is 11.9. The van der Waals surface area contributed by atoms with Crippen molar-refractivity contribution in [1.82, 2.24) is 10.3 Å². The second-order valence-electron chi connectivity index (χ2n) is 3.83. The van der Waals surface area contributed by atoms with Gasteiger partial charge in [-0.3, -0.25) is 9.78 Å². The lowest BCUT2D eigenvalue weighted by atomic mass is 10.1. The third-order valence-electron chi connectivity index (χ3n) is 2.59. The SMILES string of the molecule is O=C(NC(CO)c1ccccc1)c1ccccn1. The second-order valence-corrected chi connectivity index (χ2v) is 3.83. The van der Waals surface area contributed by atoms with E-state index in [4.69, 9.17) is 0 Å². The normalized spacial score (nSPS) is 11.8. The fourth-order valence-electron chi connectivity index (χ4n) is 1.65. The minimum Gasteiger partial charge on any atom is -0.394 e. The molecule has 0 aliphatic carbocycles. The standard InChI is InChI=1S/C14H14N2O2/c17-10-13(11-6-2-1-3-7-11)16-14(18)12-8-4-5-9-15-12/h1-9,13,17H,10H2,(H,16,18). The Bertz CT molecular complexity index is 500. The number of aliphatic hydroxyl groups is 1. The Labute approximate surface area is 105 Å². The number of aromatic nitrogens is 1. The largest absolute Gasteiger partial charge is 0.394 e. The third kappa shape index (κ3) is 2.93. The summed E-state index contributed by atoms with van der Waals surface area (Å²) < 4.78 is 0. The molecule has 0 aliphatic rings. The topological polar surface area (TPSA) is 62.2 Å². The van der Waals surface area contributed by atoms with Crippen molar-refractivity contribution in [2.45, 2.75) is 6.04 Å². The van der Waals surface area contributed by atoms with E-state index < -0.39 is 6.04 Å². The third-order valence-corrected chi connectivity index (χ3v) is 2.59. The summed E-state index contributed by atoms with van der Waals surface area (Å²) in [4.78, 5) is 15.9. The maximum Gasteiger partial charge on any atom is 0.270 e. The molecule has 0 spiro atoms. The Morgan fingerprint density at radius 3 is 2.50 bits per heavy atom. The highest BCUT2D eigenvalue weighted by Crippen LogP contribution is 2.12. The van der Waals surface area contributed by atoms with Crippen LogP contribution in [0.4, 0.5) is 0 Å². The number of nitrogens with one attached hydrogen (secondary N) is 1. The predicted octanol–water partition coefficient (Wildman–Crippen LogP) is 1.55. The highest BCUT2D eigenvalue weighted by atomic mass is 16.3. The summed E-state index contributed by atoms with van der Waals surface area (Å²) in [6.07, 6.45) is 1.56. The smallest absolute Gasteiger partial charge is 0.270 e. The van der Waals surface area contributed by atoms with Gasteiger partial charge in [-0.15, -0.1) is 0 Å². The molecule has 2 N–H and O–H groups in total. The molecule has 2 rings (SSSR count). The Morgan fingerprint density at radius 2 is 1.89 bits per heavy atom. The van der Waals surface area contributed by atoms with Gasteiger partial charge < -0.3 is 10.4 Å². The van der Waals surface area contributed by atoms with E-state index in [-0.39, 0.29) is 12.5 Å². The number of carbonyl (C=O) groups excluding carboxylic acids is 1. The molecule has 18 heavy (non-hydrogen) atoms. The van der Waals surface area contributed by atoms with Crippen molar-refractivity contribution in [2.24, 2.45) is 0 Å². The van der Waals surface area contributed by atoms with E-state index in [2.05, 4.69) is 10.3 Å². The zero-order chi connectivity index (χ0) is 12.8. The number of pyridine rings is 1. The van der Waals surface area contributed by atoms with Gasteiger partial charge in [0.15, 0.2) is 0 Å². The van der Waals surface area contributed by atoms with Crippen LogP contribution < -0.4 is 5.32 Å². The van der Waals surface area contributed by atoms with E-state index >= 15 is 0 Å². The number of rotatable bonds is 4. The summed E-state index contributed by atoms with van der Waals surface area (Å²) in [6.45, 7) is -0.150. The van der Waals surface area contributed by atoms with Crippen LogP contribution in [-0.2, 0) is 0 Å². The predicted molar refractivity (Wildman–Crippen MR) is 68.0 cm³/mol. The molecule has 1 atom stereocenters. The van der Waals surface area contributed by atoms with Gasteiger partial charge in [-0.2, -0.15) is 0 Å². The van der Waals surface area contributed by atoms with Crippen LogP contribution in [0.3, 0.4) is 0 Å². The van der Waals surface area contributed by atoms with Crippen molar-refractivity contribution in [3.63, 3.8) is 0 Å². The van der Waals surface area contributed by atoms with Crippen LogP contribution in [-0.4, -0.2) is 22.6 Å². The lowest BCUT2D eigenvalue weighted by Gasteiger charge is -2.16. The molecule has 0 fully saturated rings. The van der Waals surface area contributed by atoms with Crippen LogP contribution >= 0.6 is 0 Å². The lowest BCUT2D eigenvalue weighted by molar-refractivity contribution is 0.0911. The monoisotopic (exact) mass is 242 g/mol. The number of amides is 1. The second kappa shape index (κ2) is 5.93. The minimum absolute atomic E-state index is 0.150. The molecule has 1 aromatic heterocycles. The van der Waals surface area contributed by atoms with Crippen LogP contribution in [0.5, 0.6) is 0 Å². The van der Waals surface area contributed by atoms with Gasteiger partial charge >= 0.3 is 0 Å². The Kier molecular flexibility index (Phi) is 4.04. The molecule has 4 nitrogen and oxygen atoms in total. The first-order valence-electron chi connectivity index (χ1n) is 5.69. The van der Waals surface area contributed by atoms with Gasteiger partial charge in [0.2, 0.25) is 0 Å². The highest BCUT2D eigenvalue weighted by molar-refractivity contribution is 5.92. The molecule has 2 aromatic rings. The fraction of sp³-hybridized carbons (Fsp3) is 0.143. The molecule has 1 heterocycles. The summed E-state index contributed by atoms with van der Waals surface area (Å²) in [5, 5.41) is 12.1. The van der Waals surface area contributed by atoms with Gasteiger partial charge in [0.05, 0.1) is 12.6 Å². The molecule has 0 saturated heterocycles. The number of benzene rings is 1. The van der Waals surface area contributed by atoms with Crippen molar-refractivity contribution in [3.05, 3.63) is 66.0 Å². The number of aliphatic hydroxyl groups excluding tert-OH is 1. The highest BCUT2D eigenvalue weighted by Gasteiger charge is 2.14. The summed E-state index contributed by atoms with van der Waals surface area (Å²) >= 11 is 0. The van der Waals surface area contributed by atoms with E-state index in [0.717, 1.165) is 5.56 Å². The van der Waals surface area contributed by atoms with Crippen LogP contribution in [0.25, 0.3) is 0 Å². The molecule has 0 saturated carbocycles. The van der Waals surface area contributed by atoms with E-state index in [1.165, 1.54) is 0 Å². The van der Waals surface area contributed by atoms with Gasteiger partial charge in [-0.25, -0.2) is 0 Å². The number of nitrogens with zero attached hydrogens (tertiary/aromatic N) is 1. The molecular formula is C14H14N2O2. The molecule has 1 amide bonds. The Hall–Kier alpha value is -2.20. The average molecular weight is 242 g/mol. The Balaban J connectivity index is 2.10. The van der Waals surface area contributed by atoms with E-state index in [0.29, 0.717) is 5.69 Å². The first kappa shape index (κ1) is 12.3. The lowest BCUT2D eigenvalue weighted by Crippen LogP contribution is -2.31. The van der Waals surface area contributed by atoms with Gasteiger partial charge in [0.25, 0.3) is 5.91 Å². The zero-order valence-electron chi connectivity index (χ0n) is 9.78. The van der Waals surface area contributed by atoms with Gasteiger partial charge in [-0.05, 0) is 17.7 Å². The summed E-state index contributed by atoms with van der Waals surface area (Å²) in [6, 6.07) is 14.1. The van der Waals surface area contributed by atoms with Crippen LogP contribution in [0.15, 0.2) is 54.7 Å². The van der Waals surface area contributed by atoms with Crippen molar-refractivity contribution < 1.29 is 9.90 Å². The Morgan fingerprint density at radius 1 is 1.17 bits per heavy atom. The van der Waals surface area contributed by atoms with E-state index in [1.807, 2.05) is 30.3 Å². The zero-order valence-corrected chi connectivity index (χ0v) is 9.78. The molecule has 0 bridgehead atoms. The maximum absolute atomic E-state index is 11.9. The van der Waals surface area contributed by atoms with E-state index in [9.17, 15) is 9.90 Å². The van der Waals surface area contributed by atoms with Crippen molar-refractivity contribution in [3.8, 4) is 0 Å². The molecule has 4 heteroatoms. The van der Waals surface area contributed by atoms with E-state index in [1.54, 1.807) is 24.4 Å². The quantitative estimate of drug-likeness (QED) is 0.855. The molecule has 1 aromatic carbocycles. The van der Waals surface area contributed by atoms with Crippen LogP contribution in [0, 0.1) is 0 Å². The van der Waals surface area contributed by atoms with Crippen LogP contribution in [0.1, 0.15) is 22.1 Å². The fourth-order valence-corrected chi connectivity index (χ4v) is 1.65. The van der Waals surface area contributed by atoms with Crippen molar-refractivity contribution >= 4 is 5.91 Å². The minimum atomic E-state index is -0.416. The molecule has 92 valence electrons. The first-order valence-corrected chi connectivity index (χ1v) is 5.69. The molecular weight excluding hydrogens is 228 g/mol. The first-order chi connectivity index (χ1) is 8.81. The number of hydrogen-bond donors (Lipinski definition) is 2. The van der Waals surface area contributed by atoms with Crippen molar-refractivity contribution in [2.75, 3.05) is 6.61 Å². The number of hydrogen-bond acceptors (Lipinski definition) is 3. The van der Waals surface area contributed by atoms with Gasteiger partial charge in [-0.1, -0.05) is 36.4 Å². The molecule has 1 unspecified atom stereocenters. The van der Waals surface area contributed by atoms with Crippen LogP contribution in [0.2, 0.25) is 0 Å². The number of carbonyl (C=O) groups is 1. The average Bonchev–Trinajstić information content (AvgIpc) is 2.46. The summed E-state index contributed by atoms with van der Waals surface area (Å²) in [5.74, 6) is -0.293. The summed E-state index contributed by atoms with van der Waals surface area (Å²) in [5.41, 5.74) is 1.20. The van der Waals surface area contributed by atoms with Gasteiger partial charge in [0, 0.05) is 6.20 Å². The van der Waals surface area contributed by atoms with Gasteiger partial charge in [0.1, 0.15) is 5.69 Å². The molecule has 0 aliphatic heterocycles.